The van der Waals surface area contributed by atoms with Gasteiger partial charge in [0.2, 0.25) is 0 Å². The van der Waals surface area contributed by atoms with E-state index in [2.05, 4.69) is 5.32 Å². The highest BCUT2D eigenvalue weighted by atomic mass is 19.1. The summed E-state index contributed by atoms with van der Waals surface area (Å²) >= 11 is 0. The quantitative estimate of drug-likeness (QED) is 0.752. The zero-order chi connectivity index (χ0) is 17.5. The summed E-state index contributed by atoms with van der Waals surface area (Å²) in [5.41, 5.74) is 0.566. The summed E-state index contributed by atoms with van der Waals surface area (Å²) in [7, 11) is 3.60. The van der Waals surface area contributed by atoms with E-state index in [0.29, 0.717) is 25.3 Å². The lowest BCUT2D eigenvalue weighted by molar-refractivity contribution is 0.114. The maximum absolute atomic E-state index is 13.7. The molecule has 2 amide bonds. The molecule has 2 N–H and O–H groups in total. The first-order valence-corrected chi connectivity index (χ1v) is 8.61. The van der Waals surface area contributed by atoms with Gasteiger partial charge < -0.3 is 20.2 Å². The molecule has 5 nitrogen and oxygen atoms in total. The predicted octanol–water partition coefficient (Wildman–Crippen LogP) is 2.45. The fraction of sp³-hybridized carbons (Fsp3) is 0.611. The van der Waals surface area contributed by atoms with Crippen molar-refractivity contribution in [3.8, 4) is 0 Å². The number of halogens is 1. The first-order valence-electron chi connectivity index (χ1n) is 8.61. The maximum Gasteiger partial charge on any atom is 0.317 e. The number of hydrogen-bond donors (Lipinski definition) is 2. The van der Waals surface area contributed by atoms with Crippen LogP contribution >= 0.6 is 0 Å². The highest BCUT2D eigenvalue weighted by Crippen LogP contribution is 2.25. The molecule has 24 heavy (non-hydrogen) atoms. The summed E-state index contributed by atoms with van der Waals surface area (Å²) in [5, 5.41) is 12.7. The molecule has 0 aliphatic heterocycles. The number of urea groups is 1. The number of carbonyl (C=O) groups excluding carboxylic acids is 1. The summed E-state index contributed by atoms with van der Waals surface area (Å²) in [4.78, 5) is 15.6. The van der Waals surface area contributed by atoms with Gasteiger partial charge in [-0.25, -0.2) is 9.18 Å². The van der Waals surface area contributed by atoms with Crippen molar-refractivity contribution in [2.75, 3.05) is 38.6 Å². The molecular formula is C18H28FN3O2. The van der Waals surface area contributed by atoms with E-state index in [-0.39, 0.29) is 23.9 Å². The number of anilines is 1. The number of para-hydroxylation sites is 1. The lowest BCUT2D eigenvalue weighted by Crippen LogP contribution is -2.42. The average Bonchev–Trinajstić information content (AvgIpc) is 2.96. The third kappa shape index (κ3) is 5.09. The molecule has 0 saturated heterocycles. The Labute approximate surface area is 143 Å². The van der Waals surface area contributed by atoms with Crippen LogP contribution in [0, 0.1) is 11.7 Å². The van der Waals surface area contributed by atoms with Crippen molar-refractivity contribution in [3.05, 3.63) is 30.1 Å². The number of nitrogens with zero attached hydrogens (tertiary/aromatic N) is 2. The Kier molecular flexibility index (Phi) is 6.85. The average molecular weight is 337 g/mol. The minimum absolute atomic E-state index is 0.123. The fourth-order valence-electron chi connectivity index (χ4n) is 3.19. The topological polar surface area (TPSA) is 55.8 Å². The van der Waals surface area contributed by atoms with Crippen molar-refractivity contribution in [3.63, 3.8) is 0 Å². The molecule has 1 aromatic carbocycles. The summed E-state index contributed by atoms with van der Waals surface area (Å²) < 4.78 is 13.7. The van der Waals surface area contributed by atoms with Crippen LogP contribution in [0.3, 0.4) is 0 Å². The van der Waals surface area contributed by atoms with Gasteiger partial charge in [-0.15, -0.1) is 0 Å². The number of nitrogens with one attached hydrogen (secondary N) is 1. The van der Waals surface area contributed by atoms with Gasteiger partial charge in [0.15, 0.2) is 0 Å². The second-order valence-electron chi connectivity index (χ2n) is 6.60. The molecule has 2 unspecified atom stereocenters. The molecule has 2 rings (SSSR count). The van der Waals surface area contributed by atoms with Gasteiger partial charge >= 0.3 is 6.03 Å². The Morgan fingerprint density at radius 3 is 2.75 bits per heavy atom. The van der Waals surface area contributed by atoms with Crippen LogP contribution in [0.2, 0.25) is 0 Å². The molecule has 0 aromatic heterocycles. The van der Waals surface area contributed by atoms with Crippen LogP contribution in [0.15, 0.2) is 24.3 Å². The Balaban J connectivity index is 1.66. The normalized spacial score (nSPS) is 20.0. The van der Waals surface area contributed by atoms with Crippen molar-refractivity contribution >= 4 is 11.7 Å². The Morgan fingerprint density at radius 2 is 2.08 bits per heavy atom. The second-order valence-corrected chi connectivity index (χ2v) is 6.60. The highest BCUT2D eigenvalue weighted by molar-refractivity contribution is 5.73. The number of carbonyl (C=O) groups is 1. The molecule has 0 heterocycles. The molecule has 1 aliphatic carbocycles. The van der Waals surface area contributed by atoms with Gasteiger partial charge in [0.25, 0.3) is 0 Å². The van der Waals surface area contributed by atoms with E-state index in [1.54, 1.807) is 24.1 Å². The SMILES string of the molecule is CN(CC1CCCC1O)C(=O)NCCCN(C)c1ccccc1F. The van der Waals surface area contributed by atoms with E-state index in [4.69, 9.17) is 0 Å². The Morgan fingerprint density at radius 1 is 1.33 bits per heavy atom. The van der Waals surface area contributed by atoms with Crippen LogP contribution in [-0.2, 0) is 0 Å². The lowest BCUT2D eigenvalue weighted by atomic mass is 10.1. The van der Waals surface area contributed by atoms with Crippen molar-refractivity contribution in [2.24, 2.45) is 5.92 Å². The number of amides is 2. The van der Waals surface area contributed by atoms with Gasteiger partial charge in [0, 0.05) is 39.6 Å². The van der Waals surface area contributed by atoms with Crippen LogP contribution in [0.4, 0.5) is 14.9 Å². The maximum atomic E-state index is 13.7. The molecule has 0 radical (unpaired) electrons. The van der Waals surface area contributed by atoms with E-state index in [1.165, 1.54) is 6.07 Å². The predicted molar refractivity (Wildman–Crippen MR) is 93.7 cm³/mol. The Hall–Kier alpha value is -1.82. The molecule has 134 valence electrons. The van der Waals surface area contributed by atoms with E-state index >= 15 is 0 Å². The number of rotatable bonds is 7. The molecule has 0 bridgehead atoms. The van der Waals surface area contributed by atoms with Crippen LogP contribution in [0.5, 0.6) is 0 Å². The van der Waals surface area contributed by atoms with E-state index in [1.807, 2.05) is 18.0 Å². The van der Waals surface area contributed by atoms with E-state index in [0.717, 1.165) is 25.7 Å². The van der Waals surface area contributed by atoms with Crippen LogP contribution < -0.4 is 10.2 Å². The van der Waals surface area contributed by atoms with Crippen LogP contribution in [0.1, 0.15) is 25.7 Å². The molecule has 1 fully saturated rings. The van der Waals surface area contributed by atoms with E-state index < -0.39 is 0 Å². The minimum Gasteiger partial charge on any atom is -0.393 e. The summed E-state index contributed by atoms with van der Waals surface area (Å²) in [6, 6.07) is 6.55. The van der Waals surface area contributed by atoms with Gasteiger partial charge in [-0.2, -0.15) is 0 Å². The van der Waals surface area contributed by atoms with Gasteiger partial charge in [-0.1, -0.05) is 18.6 Å². The standard InChI is InChI=1S/C18H28FN3O2/c1-21(16-9-4-3-8-15(16)19)12-6-11-20-18(24)22(2)13-14-7-5-10-17(14)23/h3-4,8-9,14,17,23H,5-7,10-13H2,1-2H3,(H,20,24). The molecule has 2 atom stereocenters. The lowest BCUT2D eigenvalue weighted by Gasteiger charge is -2.24. The number of hydrogen-bond acceptors (Lipinski definition) is 3. The molecular weight excluding hydrogens is 309 g/mol. The van der Waals surface area contributed by atoms with Crippen LogP contribution in [0.25, 0.3) is 0 Å². The van der Waals surface area contributed by atoms with Crippen molar-refractivity contribution in [1.29, 1.82) is 0 Å². The number of aliphatic hydroxyl groups excluding tert-OH is 1. The van der Waals surface area contributed by atoms with Gasteiger partial charge in [0.1, 0.15) is 5.82 Å². The first kappa shape index (κ1) is 18.5. The largest absolute Gasteiger partial charge is 0.393 e. The molecule has 6 heteroatoms. The highest BCUT2D eigenvalue weighted by Gasteiger charge is 2.27. The third-order valence-corrected chi connectivity index (χ3v) is 4.68. The second kappa shape index (κ2) is 8.87. The number of aliphatic hydroxyl groups is 1. The molecule has 1 aliphatic rings. The summed E-state index contributed by atoms with van der Waals surface area (Å²) in [5.74, 6) is -0.0492. The number of benzene rings is 1. The minimum atomic E-state index is -0.283. The zero-order valence-electron chi connectivity index (χ0n) is 14.5. The summed E-state index contributed by atoms with van der Waals surface area (Å²) in [6.45, 7) is 1.78. The zero-order valence-corrected chi connectivity index (χ0v) is 14.5. The molecule has 0 spiro atoms. The summed E-state index contributed by atoms with van der Waals surface area (Å²) in [6.07, 6.45) is 3.30. The van der Waals surface area contributed by atoms with Crippen molar-refractivity contribution < 1.29 is 14.3 Å². The smallest absolute Gasteiger partial charge is 0.317 e. The van der Waals surface area contributed by atoms with Crippen LogP contribution in [-0.4, -0.2) is 55.9 Å². The Bertz CT molecular complexity index is 541. The monoisotopic (exact) mass is 337 g/mol. The van der Waals surface area contributed by atoms with Crippen molar-refractivity contribution in [2.45, 2.75) is 31.8 Å². The molecule has 1 saturated carbocycles. The van der Waals surface area contributed by atoms with E-state index in [9.17, 15) is 14.3 Å². The van der Waals surface area contributed by atoms with Gasteiger partial charge in [0.05, 0.1) is 11.8 Å². The third-order valence-electron chi connectivity index (χ3n) is 4.68. The molecule has 1 aromatic rings. The van der Waals surface area contributed by atoms with Gasteiger partial charge in [-0.05, 0) is 31.4 Å². The first-order chi connectivity index (χ1) is 11.5. The van der Waals surface area contributed by atoms with Gasteiger partial charge in [-0.3, -0.25) is 0 Å². The van der Waals surface area contributed by atoms with Crippen molar-refractivity contribution in [1.82, 2.24) is 10.2 Å². The fourth-order valence-corrected chi connectivity index (χ4v) is 3.19.